The first-order chi connectivity index (χ1) is 15.1. The van der Waals surface area contributed by atoms with Crippen molar-refractivity contribution < 1.29 is 13.7 Å². The highest BCUT2D eigenvalue weighted by Gasteiger charge is 2.29. The molecule has 31 heavy (non-hydrogen) atoms. The molecule has 0 saturated carbocycles. The minimum Gasteiger partial charge on any atom is -0.338 e. The van der Waals surface area contributed by atoms with Crippen LogP contribution in [0.3, 0.4) is 0 Å². The van der Waals surface area contributed by atoms with Crippen LogP contribution in [0.4, 0.5) is 4.39 Å². The third kappa shape index (κ3) is 3.70. The van der Waals surface area contributed by atoms with Crippen molar-refractivity contribution in [2.75, 3.05) is 6.54 Å². The largest absolute Gasteiger partial charge is 0.338 e. The number of hydrogen-bond donors (Lipinski definition) is 0. The maximum atomic E-state index is 13.2. The number of fused-ring (bicyclic) bond motifs is 1. The molecule has 0 spiro atoms. The second kappa shape index (κ2) is 7.75. The number of carbonyl (C=O) groups is 1. The summed E-state index contributed by atoms with van der Waals surface area (Å²) in [6, 6.07) is 9.60. The Kier molecular flexibility index (Phi) is 4.78. The van der Waals surface area contributed by atoms with E-state index in [-0.39, 0.29) is 17.6 Å². The molecule has 0 saturated heterocycles. The molecule has 0 radical (unpaired) electrons. The summed E-state index contributed by atoms with van der Waals surface area (Å²) in [6.07, 6.45) is 4.39. The molecule has 1 aromatic carbocycles. The third-order valence-electron chi connectivity index (χ3n) is 5.40. The number of nitrogens with zero attached hydrogens (tertiary/aromatic N) is 6. The van der Waals surface area contributed by atoms with E-state index in [1.54, 1.807) is 29.2 Å². The van der Waals surface area contributed by atoms with Crippen molar-refractivity contribution >= 4 is 5.91 Å². The van der Waals surface area contributed by atoms with E-state index in [1.807, 2.05) is 24.1 Å². The molecule has 3 aromatic heterocycles. The molecular weight excluding hydrogens is 399 g/mol. The molecule has 0 atom stereocenters. The van der Waals surface area contributed by atoms with Crippen molar-refractivity contribution in [3.63, 3.8) is 0 Å². The van der Waals surface area contributed by atoms with Crippen molar-refractivity contribution in [2.24, 2.45) is 7.05 Å². The van der Waals surface area contributed by atoms with Gasteiger partial charge in [-0.1, -0.05) is 11.2 Å². The number of pyridine rings is 1. The van der Waals surface area contributed by atoms with Crippen LogP contribution in [0, 0.1) is 5.82 Å². The minimum absolute atomic E-state index is 0.0333. The van der Waals surface area contributed by atoms with E-state index in [1.165, 1.54) is 12.1 Å². The van der Waals surface area contributed by atoms with Crippen LogP contribution in [-0.4, -0.2) is 42.3 Å². The van der Waals surface area contributed by atoms with Gasteiger partial charge in [-0.05, 0) is 35.9 Å². The lowest BCUT2D eigenvalue weighted by molar-refractivity contribution is -0.131. The normalized spacial score (nSPS) is 13.3. The zero-order chi connectivity index (χ0) is 21.4. The number of benzene rings is 1. The molecule has 5 rings (SSSR count). The van der Waals surface area contributed by atoms with Gasteiger partial charge in [-0.25, -0.2) is 4.39 Å². The van der Waals surface area contributed by atoms with Gasteiger partial charge in [-0.3, -0.25) is 14.5 Å². The van der Waals surface area contributed by atoms with Crippen LogP contribution in [0.1, 0.15) is 16.8 Å². The summed E-state index contributed by atoms with van der Waals surface area (Å²) >= 11 is 0. The van der Waals surface area contributed by atoms with Crippen LogP contribution in [-0.2, 0) is 31.2 Å². The highest BCUT2D eigenvalue weighted by atomic mass is 19.1. The van der Waals surface area contributed by atoms with Gasteiger partial charge < -0.3 is 9.42 Å². The van der Waals surface area contributed by atoms with Gasteiger partial charge in [0.2, 0.25) is 11.7 Å². The highest BCUT2D eigenvalue weighted by molar-refractivity contribution is 5.79. The lowest BCUT2D eigenvalue weighted by atomic mass is 10.0. The molecule has 0 bridgehead atoms. The van der Waals surface area contributed by atoms with Crippen molar-refractivity contribution in [3.8, 4) is 23.0 Å². The Morgan fingerprint density at radius 1 is 1.23 bits per heavy atom. The summed E-state index contributed by atoms with van der Waals surface area (Å²) in [5, 5.41) is 8.59. The Morgan fingerprint density at radius 2 is 2.06 bits per heavy atom. The lowest BCUT2D eigenvalue weighted by Crippen LogP contribution is -2.37. The molecule has 8 nitrogen and oxygen atoms in total. The number of carbonyl (C=O) groups excluding carboxylic acids is 1. The van der Waals surface area contributed by atoms with Crippen molar-refractivity contribution in [1.82, 2.24) is 29.8 Å². The van der Waals surface area contributed by atoms with Gasteiger partial charge >= 0.3 is 0 Å². The smallest absolute Gasteiger partial charge is 0.279 e. The first-order valence-electron chi connectivity index (χ1n) is 9.90. The van der Waals surface area contributed by atoms with Crippen LogP contribution in [0.2, 0.25) is 0 Å². The molecule has 156 valence electrons. The molecule has 0 N–H and O–H groups in total. The van der Waals surface area contributed by atoms with Crippen molar-refractivity contribution in [1.29, 1.82) is 0 Å². The van der Waals surface area contributed by atoms with E-state index >= 15 is 0 Å². The maximum absolute atomic E-state index is 13.2. The molecule has 0 unspecified atom stereocenters. The van der Waals surface area contributed by atoms with Gasteiger partial charge in [-0.15, -0.1) is 0 Å². The summed E-state index contributed by atoms with van der Waals surface area (Å²) in [6.45, 7) is 1.04. The summed E-state index contributed by atoms with van der Waals surface area (Å²) in [5.74, 6) is 0.334. The quantitative estimate of drug-likeness (QED) is 0.506. The van der Waals surface area contributed by atoms with Crippen LogP contribution >= 0.6 is 0 Å². The van der Waals surface area contributed by atoms with E-state index in [0.717, 1.165) is 16.8 Å². The average Bonchev–Trinajstić information content (AvgIpc) is 3.40. The standard InChI is InChI=1S/C22H19FN6O2/c1-28-18-8-10-29(19(30)11-14-3-2-9-24-12-14)13-17(18)20(26-28)22-25-21(27-31-22)15-4-6-16(23)7-5-15/h2-7,9,12H,8,10-11,13H2,1H3. The monoisotopic (exact) mass is 418 g/mol. The fourth-order valence-electron chi connectivity index (χ4n) is 3.80. The predicted octanol–water partition coefficient (Wildman–Crippen LogP) is 2.80. The fourth-order valence-corrected chi connectivity index (χ4v) is 3.80. The van der Waals surface area contributed by atoms with Gasteiger partial charge in [0, 0.05) is 55.8 Å². The average molecular weight is 418 g/mol. The Morgan fingerprint density at radius 3 is 2.84 bits per heavy atom. The van der Waals surface area contributed by atoms with E-state index in [0.29, 0.717) is 43.0 Å². The third-order valence-corrected chi connectivity index (χ3v) is 5.40. The number of halogens is 1. The van der Waals surface area contributed by atoms with Gasteiger partial charge in [0.25, 0.3) is 5.89 Å². The SMILES string of the molecule is Cn1nc(-c2nc(-c3ccc(F)cc3)no2)c2c1CCN(C(=O)Cc1cccnc1)C2. The first-order valence-corrected chi connectivity index (χ1v) is 9.90. The Bertz CT molecular complexity index is 1230. The number of rotatable bonds is 4. The number of aryl methyl sites for hydroxylation is 1. The van der Waals surface area contributed by atoms with Gasteiger partial charge in [0.1, 0.15) is 5.82 Å². The fraction of sp³-hybridized carbons (Fsp3) is 0.227. The molecule has 0 aliphatic carbocycles. The Labute approximate surface area is 177 Å². The predicted molar refractivity (Wildman–Crippen MR) is 109 cm³/mol. The van der Waals surface area contributed by atoms with Crippen molar-refractivity contribution in [3.05, 3.63) is 71.4 Å². The second-order valence-electron chi connectivity index (χ2n) is 7.43. The molecule has 4 heterocycles. The van der Waals surface area contributed by atoms with E-state index in [9.17, 15) is 9.18 Å². The van der Waals surface area contributed by atoms with Crippen LogP contribution in [0.25, 0.3) is 23.0 Å². The summed E-state index contributed by atoms with van der Waals surface area (Å²) < 4.78 is 20.5. The van der Waals surface area contributed by atoms with E-state index in [2.05, 4.69) is 20.2 Å². The molecule has 0 fully saturated rings. The van der Waals surface area contributed by atoms with Gasteiger partial charge in [0.15, 0.2) is 5.69 Å². The maximum Gasteiger partial charge on any atom is 0.279 e. The number of aromatic nitrogens is 5. The topological polar surface area (TPSA) is 89.9 Å². The number of hydrogen-bond acceptors (Lipinski definition) is 6. The molecule has 1 aliphatic rings. The lowest BCUT2D eigenvalue weighted by Gasteiger charge is -2.27. The summed E-state index contributed by atoms with van der Waals surface area (Å²) in [5.41, 5.74) is 4.04. The number of amides is 1. The Hall–Kier alpha value is -3.88. The van der Waals surface area contributed by atoms with Crippen LogP contribution in [0.5, 0.6) is 0 Å². The van der Waals surface area contributed by atoms with E-state index < -0.39 is 0 Å². The second-order valence-corrected chi connectivity index (χ2v) is 7.43. The molecular formula is C22H19FN6O2. The molecule has 1 aliphatic heterocycles. The Balaban J connectivity index is 1.41. The molecule has 1 amide bonds. The minimum atomic E-state index is -0.331. The summed E-state index contributed by atoms with van der Waals surface area (Å²) in [4.78, 5) is 23.2. The molecule has 4 aromatic rings. The van der Waals surface area contributed by atoms with Crippen LogP contribution in [0.15, 0.2) is 53.3 Å². The first kappa shape index (κ1) is 19.1. The van der Waals surface area contributed by atoms with E-state index in [4.69, 9.17) is 4.52 Å². The molecule has 9 heteroatoms. The highest BCUT2D eigenvalue weighted by Crippen LogP contribution is 2.30. The van der Waals surface area contributed by atoms with Gasteiger partial charge in [0.05, 0.1) is 6.42 Å². The van der Waals surface area contributed by atoms with Crippen molar-refractivity contribution in [2.45, 2.75) is 19.4 Å². The zero-order valence-electron chi connectivity index (χ0n) is 16.8. The van der Waals surface area contributed by atoms with Crippen LogP contribution < -0.4 is 0 Å². The van der Waals surface area contributed by atoms with Gasteiger partial charge in [-0.2, -0.15) is 10.1 Å². The zero-order valence-corrected chi connectivity index (χ0v) is 16.8. The summed E-state index contributed by atoms with van der Waals surface area (Å²) in [7, 11) is 1.87.